The molecule has 0 aliphatic carbocycles. The SMILES string of the molecule is Cc1ccc(OS(=O)OS(=O)c2ccc3ccccc3c2)cc1. The Morgan fingerprint density at radius 2 is 1.52 bits per heavy atom. The summed E-state index contributed by atoms with van der Waals surface area (Å²) in [4.78, 5) is 0.435. The first-order chi connectivity index (χ1) is 11.1. The molecule has 3 rings (SSSR count). The fourth-order valence-corrected chi connectivity index (χ4v) is 3.55. The molecule has 0 bridgehead atoms. The summed E-state index contributed by atoms with van der Waals surface area (Å²) in [7, 11) is 0. The highest BCUT2D eigenvalue weighted by molar-refractivity contribution is 7.91. The van der Waals surface area contributed by atoms with Gasteiger partial charge in [-0.25, -0.2) is 4.21 Å². The van der Waals surface area contributed by atoms with Crippen molar-refractivity contribution in [1.29, 1.82) is 0 Å². The van der Waals surface area contributed by atoms with Gasteiger partial charge in [-0.2, -0.15) is 7.84 Å². The first-order valence-electron chi connectivity index (χ1n) is 6.88. The van der Waals surface area contributed by atoms with E-state index in [-0.39, 0.29) is 0 Å². The van der Waals surface area contributed by atoms with E-state index in [1.807, 2.05) is 49.4 Å². The van der Waals surface area contributed by atoms with E-state index in [4.69, 9.17) is 7.81 Å². The Morgan fingerprint density at radius 1 is 0.826 bits per heavy atom. The first-order valence-corrected chi connectivity index (χ1v) is 8.95. The van der Waals surface area contributed by atoms with Gasteiger partial charge >= 0.3 is 11.4 Å². The quantitative estimate of drug-likeness (QED) is 0.704. The molecular weight excluding hydrogens is 332 g/mol. The first kappa shape index (κ1) is 15.9. The second kappa shape index (κ2) is 7.04. The average molecular weight is 346 g/mol. The summed E-state index contributed by atoms with van der Waals surface area (Å²) in [6.07, 6.45) is 0. The third-order valence-corrected chi connectivity index (χ3v) is 5.12. The Hall–Kier alpha value is -2.02. The van der Waals surface area contributed by atoms with Gasteiger partial charge in [-0.15, -0.1) is 0 Å². The van der Waals surface area contributed by atoms with Crippen LogP contribution in [0.3, 0.4) is 0 Å². The molecular formula is C17H14O4S2. The molecule has 3 aromatic carbocycles. The van der Waals surface area contributed by atoms with Crippen molar-refractivity contribution in [2.45, 2.75) is 11.8 Å². The predicted octanol–water partition coefficient (Wildman–Crippen LogP) is 3.85. The number of rotatable bonds is 5. The maximum Gasteiger partial charge on any atom is 0.374 e. The standard InChI is InChI=1S/C17H14O4S2/c1-13-6-9-16(10-7-13)20-23(19)21-22(18)17-11-8-14-4-2-3-5-15(14)12-17/h2-12H,1H3. The highest BCUT2D eigenvalue weighted by Gasteiger charge is 2.12. The molecule has 0 saturated carbocycles. The number of hydrogen-bond acceptors (Lipinski definition) is 4. The predicted molar refractivity (Wildman–Crippen MR) is 91.4 cm³/mol. The van der Waals surface area contributed by atoms with Crippen molar-refractivity contribution < 1.29 is 16.2 Å². The molecule has 0 saturated heterocycles. The Kier molecular flexibility index (Phi) is 4.85. The van der Waals surface area contributed by atoms with Gasteiger partial charge in [0.05, 0.1) is 4.90 Å². The summed E-state index contributed by atoms with van der Waals surface area (Å²) < 4.78 is 34.0. The third-order valence-electron chi connectivity index (χ3n) is 3.22. The summed E-state index contributed by atoms with van der Waals surface area (Å²) in [6.45, 7) is 1.94. The van der Waals surface area contributed by atoms with E-state index in [0.29, 0.717) is 10.6 Å². The lowest BCUT2D eigenvalue weighted by Gasteiger charge is -2.05. The molecule has 6 heteroatoms. The normalized spacial score (nSPS) is 13.6. The Bertz CT molecular complexity index is 875. The average Bonchev–Trinajstić information content (AvgIpc) is 2.56. The zero-order valence-electron chi connectivity index (χ0n) is 12.3. The fraction of sp³-hybridized carbons (Fsp3) is 0.0588. The van der Waals surface area contributed by atoms with Gasteiger partial charge in [0, 0.05) is 0 Å². The van der Waals surface area contributed by atoms with Gasteiger partial charge in [0.15, 0.2) is 0 Å². The molecule has 0 radical (unpaired) electrons. The minimum absolute atomic E-state index is 0.393. The molecule has 0 aliphatic rings. The summed E-state index contributed by atoms with van der Waals surface area (Å²) >= 11 is -4.01. The number of benzene rings is 3. The van der Waals surface area contributed by atoms with E-state index in [1.165, 1.54) is 0 Å². The lowest BCUT2D eigenvalue weighted by atomic mass is 10.1. The fourth-order valence-electron chi connectivity index (χ4n) is 2.05. The smallest absolute Gasteiger partial charge is 0.374 e. The molecule has 0 N–H and O–H groups in total. The van der Waals surface area contributed by atoms with Crippen LogP contribution in [-0.2, 0) is 26.1 Å². The van der Waals surface area contributed by atoms with Gasteiger partial charge in [0.2, 0.25) is 11.1 Å². The number of fused-ring (bicyclic) bond motifs is 1. The van der Waals surface area contributed by atoms with Gasteiger partial charge in [-0.3, -0.25) is 0 Å². The van der Waals surface area contributed by atoms with Crippen molar-refractivity contribution >= 4 is 33.2 Å². The van der Waals surface area contributed by atoms with Gasteiger partial charge in [0.1, 0.15) is 5.75 Å². The van der Waals surface area contributed by atoms with Crippen molar-refractivity contribution in [3.63, 3.8) is 0 Å². The molecule has 2 unspecified atom stereocenters. The summed E-state index contributed by atoms with van der Waals surface area (Å²) in [5.74, 6) is 0.393. The van der Waals surface area contributed by atoms with Gasteiger partial charge in [0.25, 0.3) is 0 Å². The van der Waals surface area contributed by atoms with Gasteiger partial charge < -0.3 is 4.18 Å². The van der Waals surface area contributed by atoms with E-state index >= 15 is 0 Å². The van der Waals surface area contributed by atoms with Crippen LogP contribution in [0.15, 0.2) is 71.6 Å². The molecule has 0 aromatic heterocycles. The molecule has 0 fully saturated rings. The van der Waals surface area contributed by atoms with E-state index in [1.54, 1.807) is 24.3 Å². The lowest BCUT2D eigenvalue weighted by molar-refractivity contribution is 0.473. The van der Waals surface area contributed by atoms with Crippen LogP contribution in [0.1, 0.15) is 5.56 Å². The number of hydrogen-bond donors (Lipinski definition) is 0. The molecule has 118 valence electrons. The van der Waals surface area contributed by atoms with Crippen LogP contribution in [0.25, 0.3) is 10.8 Å². The second-order valence-electron chi connectivity index (χ2n) is 4.91. The molecule has 0 amide bonds. The van der Waals surface area contributed by atoms with Crippen molar-refractivity contribution in [2.24, 2.45) is 0 Å². The van der Waals surface area contributed by atoms with Crippen LogP contribution in [0.5, 0.6) is 5.75 Å². The molecule has 0 spiro atoms. The van der Waals surface area contributed by atoms with Crippen LogP contribution in [-0.4, -0.2) is 8.42 Å². The van der Waals surface area contributed by atoms with E-state index in [0.717, 1.165) is 16.3 Å². The van der Waals surface area contributed by atoms with Crippen LogP contribution < -0.4 is 4.18 Å². The summed E-state index contributed by atoms with van der Waals surface area (Å²) in [5, 5.41) is 1.97. The van der Waals surface area contributed by atoms with Crippen LogP contribution in [0.4, 0.5) is 0 Å². The lowest BCUT2D eigenvalue weighted by Crippen LogP contribution is -2.07. The van der Waals surface area contributed by atoms with E-state index in [2.05, 4.69) is 0 Å². The van der Waals surface area contributed by atoms with E-state index < -0.39 is 22.4 Å². The molecule has 0 heterocycles. The molecule has 2 atom stereocenters. The van der Waals surface area contributed by atoms with Gasteiger partial charge in [-0.05, 0) is 42.0 Å². The van der Waals surface area contributed by atoms with Gasteiger partial charge in [-0.1, -0.05) is 48.0 Å². The van der Waals surface area contributed by atoms with E-state index in [9.17, 15) is 8.42 Å². The minimum Gasteiger partial charge on any atom is -0.379 e. The van der Waals surface area contributed by atoms with Crippen molar-refractivity contribution in [3.05, 3.63) is 72.3 Å². The van der Waals surface area contributed by atoms with Crippen LogP contribution >= 0.6 is 0 Å². The summed E-state index contributed by atoms with van der Waals surface area (Å²) in [6, 6.07) is 20.0. The number of aryl methyl sites for hydroxylation is 1. The van der Waals surface area contributed by atoms with Crippen molar-refractivity contribution in [3.8, 4) is 5.75 Å². The largest absolute Gasteiger partial charge is 0.379 e. The summed E-state index contributed by atoms with van der Waals surface area (Å²) in [5.41, 5.74) is 1.06. The maximum atomic E-state index is 12.2. The van der Waals surface area contributed by atoms with Crippen molar-refractivity contribution in [1.82, 2.24) is 0 Å². The van der Waals surface area contributed by atoms with Crippen molar-refractivity contribution in [2.75, 3.05) is 0 Å². The molecule has 0 aliphatic heterocycles. The zero-order valence-corrected chi connectivity index (χ0v) is 13.9. The zero-order chi connectivity index (χ0) is 16.2. The Morgan fingerprint density at radius 3 is 2.26 bits per heavy atom. The third kappa shape index (κ3) is 4.04. The molecule has 4 nitrogen and oxygen atoms in total. The minimum atomic E-state index is -2.14. The highest BCUT2D eigenvalue weighted by atomic mass is 32.3. The Labute approximate surface area is 139 Å². The topological polar surface area (TPSA) is 52.6 Å². The van der Waals surface area contributed by atoms with Crippen LogP contribution in [0, 0.1) is 6.92 Å². The van der Waals surface area contributed by atoms with Crippen LogP contribution in [0.2, 0.25) is 0 Å². The molecule has 23 heavy (non-hydrogen) atoms. The Balaban J connectivity index is 1.69. The highest BCUT2D eigenvalue weighted by Crippen LogP contribution is 2.20. The second-order valence-corrected chi connectivity index (χ2v) is 6.97. The molecule has 3 aromatic rings. The maximum absolute atomic E-state index is 12.2. The monoisotopic (exact) mass is 346 g/mol.